The molecule has 0 atom stereocenters. The van der Waals surface area contributed by atoms with E-state index in [1.54, 1.807) is 36.4 Å². The van der Waals surface area contributed by atoms with Gasteiger partial charge in [-0.05, 0) is 63.8 Å². The molecular weight excluding hydrogens is 520 g/mol. The largest absolute Gasteiger partial charge is 0.488 e. The van der Waals surface area contributed by atoms with Crippen LogP contribution in [-0.4, -0.2) is 17.8 Å². The number of para-hydroxylation sites is 1. The van der Waals surface area contributed by atoms with Gasteiger partial charge in [0.15, 0.2) is 0 Å². The lowest BCUT2D eigenvalue weighted by molar-refractivity contribution is -0.122. The molecule has 172 valence electrons. The standard InChI is InChI=1S/C26H20BrClN2O4/c1-2-17-7-4-6-10-22(17)30-25(32)19(24(31)29-26(30)33)13-16-11-12-23(20(27)14-16)34-15-18-8-3-5-9-21(18)28/h3-14H,2,15H2,1H3,(H,29,31,33)/b19-13-. The lowest BCUT2D eigenvalue weighted by atomic mass is 10.0. The first-order valence-corrected chi connectivity index (χ1v) is 11.7. The molecule has 1 N–H and O–H groups in total. The van der Waals surface area contributed by atoms with Crippen molar-refractivity contribution in [3.05, 3.63) is 98.5 Å². The lowest BCUT2D eigenvalue weighted by Gasteiger charge is -2.28. The van der Waals surface area contributed by atoms with Gasteiger partial charge in [0.1, 0.15) is 17.9 Å². The molecule has 0 unspecified atom stereocenters. The van der Waals surface area contributed by atoms with Crippen molar-refractivity contribution < 1.29 is 19.1 Å². The third-order valence-corrected chi connectivity index (χ3v) is 6.31. The third-order valence-electron chi connectivity index (χ3n) is 5.32. The molecule has 0 bridgehead atoms. The minimum Gasteiger partial charge on any atom is -0.488 e. The van der Waals surface area contributed by atoms with Gasteiger partial charge in [-0.2, -0.15) is 0 Å². The van der Waals surface area contributed by atoms with E-state index in [0.717, 1.165) is 16.0 Å². The highest BCUT2D eigenvalue weighted by Gasteiger charge is 2.37. The summed E-state index contributed by atoms with van der Waals surface area (Å²) in [5.74, 6) is -0.838. The summed E-state index contributed by atoms with van der Waals surface area (Å²) < 4.78 is 6.49. The number of urea groups is 1. The van der Waals surface area contributed by atoms with Crippen LogP contribution in [0.1, 0.15) is 23.6 Å². The number of hydrogen-bond donors (Lipinski definition) is 1. The zero-order valence-electron chi connectivity index (χ0n) is 18.2. The summed E-state index contributed by atoms with van der Waals surface area (Å²) in [4.78, 5) is 39.2. The first kappa shape index (κ1) is 23.7. The Morgan fingerprint density at radius 3 is 2.41 bits per heavy atom. The van der Waals surface area contributed by atoms with E-state index in [1.807, 2.05) is 37.3 Å². The Morgan fingerprint density at radius 1 is 1.00 bits per heavy atom. The van der Waals surface area contributed by atoms with E-state index in [-0.39, 0.29) is 12.2 Å². The maximum atomic E-state index is 13.2. The Kier molecular flexibility index (Phi) is 7.14. The Bertz CT molecular complexity index is 1320. The van der Waals surface area contributed by atoms with Crippen molar-refractivity contribution in [3.63, 3.8) is 0 Å². The van der Waals surface area contributed by atoms with E-state index in [2.05, 4.69) is 21.2 Å². The molecule has 6 nitrogen and oxygen atoms in total. The summed E-state index contributed by atoms with van der Waals surface area (Å²) in [5.41, 5.74) is 2.58. The Labute approximate surface area is 210 Å². The normalized spacial score (nSPS) is 15.0. The molecule has 1 saturated heterocycles. The van der Waals surface area contributed by atoms with Gasteiger partial charge >= 0.3 is 6.03 Å². The van der Waals surface area contributed by atoms with Gasteiger partial charge in [0, 0.05) is 10.6 Å². The number of carbonyl (C=O) groups excluding carboxylic acids is 3. The number of barbiturate groups is 1. The van der Waals surface area contributed by atoms with Crippen LogP contribution in [0.4, 0.5) is 10.5 Å². The highest BCUT2D eigenvalue weighted by atomic mass is 79.9. The topological polar surface area (TPSA) is 75.7 Å². The number of hydrogen-bond acceptors (Lipinski definition) is 4. The Balaban J connectivity index is 1.59. The van der Waals surface area contributed by atoms with Crippen LogP contribution in [0.25, 0.3) is 6.08 Å². The molecule has 3 aromatic rings. The monoisotopic (exact) mass is 538 g/mol. The van der Waals surface area contributed by atoms with E-state index in [1.165, 1.54) is 6.08 Å². The third kappa shape index (κ3) is 4.90. The number of aryl methyl sites for hydroxylation is 1. The van der Waals surface area contributed by atoms with E-state index < -0.39 is 17.8 Å². The number of nitrogens with zero attached hydrogens (tertiary/aromatic N) is 1. The quantitative estimate of drug-likeness (QED) is 0.312. The van der Waals surface area contributed by atoms with Crippen LogP contribution < -0.4 is 15.0 Å². The number of rotatable bonds is 6. The number of ether oxygens (including phenoxy) is 1. The fourth-order valence-electron chi connectivity index (χ4n) is 3.57. The fraction of sp³-hybridized carbons (Fsp3) is 0.115. The molecule has 3 aromatic carbocycles. The molecule has 8 heteroatoms. The van der Waals surface area contributed by atoms with Gasteiger partial charge in [-0.25, -0.2) is 9.69 Å². The lowest BCUT2D eigenvalue weighted by Crippen LogP contribution is -2.54. The Morgan fingerprint density at radius 2 is 1.71 bits per heavy atom. The van der Waals surface area contributed by atoms with Crippen LogP contribution in [-0.2, 0) is 22.6 Å². The fourth-order valence-corrected chi connectivity index (χ4v) is 4.27. The first-order valence-electron chi connectivity index (χ1n) is 10.5. The first-order chi connectivity index (χ1) is 16.4. The van der Waals surface area contributed by atoms with Gasteiger partial charge in [-0.3, -0.25) is 14.9 Å². The van der Waals surface area contributed by atoms with Crippen molar-refractivity contribution in [1.82, 2.24) is 5.32 Å². The van der Waals surface area contributed by atoms with Crippen LogP contribution in [0.3, 0.4) is 0 Å². The molecule has 1 heterocycles. The molecule has 1 aliphatic rings. The maximum absolute atomic E-state index is 13.2. The molecule has 0 aromatic heterocycles. The van der Waals surface area contributed by atoms with Crippen molar-refractivity contribution in [3.8, 4) is 5.75 Å². The zero-order valence-corrected chi connectivity index (χ0v) is 20.5. The number of amides is 4. The van der Waals surface area contributed by atoms with Gasteiger partial charge in [0.25, 0.3) is 11.8 Å². The second-order valence-electron chi connectivity index (χ2n) is 7.51. The number of benzene rings is 3. The van der Waals surface area contributed by atoms with Crippen molar-refractivity contribution in [2.45, 2.75) is 20.0 Å². The highest BCUT2D eigenvalue weighted by Crippen LogP contribution is 2.30. The minimum absolute atomic E-state index is 0.137. The molecule has 0 spiro atoms. The van der Waals surface area contributed by atoms with E-state index in [4.69, 9.17) is 16.3 Å². The summed E-state index contributed by atoms with van der Waals surface area (Å²) >= 11 is 9.65. The molecule has 0 aliphatic carbocycles. The van der Waals surface area contributed by atoms with Crippen molar-refractivity contribution in [2.24, 2.45) is 0 Å². The number of halogens is 2. The molecule has 1 fully saturated rings. The smallest absolute Gasteiger partial charge is 0.335 e. The summed E-state index contributed by atoms with van der Waals surface area (Å²) in [6, 6.07) is 18.9. The van der Waals surface area contributed by atoms with Gasteiger partial charge in [-0.1, -0.05) is 61.0 Å². The number of anilines is 1. The predicted octanol–water partition coefficient (Wildman–Crippen LogP) is 5.91. The SMILES string of the molecule is CCc1ccccc1N1C(=O)NC(=O)/C(=C/c2ccc(OCc3ccccc3Cl)c(Br)c2)C1=O. The van der Waals surface area contributed by atoms with Crippen LogP contribution in [0, 0.1) is 0 Å². The van der Waals surface area contributed by atoms with Gasteiger partial charge in [0.05, 0.1) is 10.2 Å². The van der Waals surface area contributed by atoms with Gasteiger partial charge in [0.2, 0.25) is 0 Å². The van der Waals surface area contributed by atoms with E-state index in [9.17, 15) is 14.4 Å². The Hall–Kier alpha value is -3.42. The molecule has 1 aliphatic heterocycles. The molecule has 0 saturated carbocycles. The average Bonchev–Trinajstić information content (AvgIpc) is 2.82. The second-order valence-corrected chi connectivity index (χ2v) is 8.77. The number of nitrogens with one attached hydrogen (secondary N) is 1. The van der Waals surface area contributed by atoms with E-state index >= 15 is 0 Å². The van der Waals surface area contributed by atoms with E-state index in [0.29, 0.717) is 32.9 Å². The van der Waals surface area contributed by atoms with Gasteiger partial charge < -0.3 is 4.74 Å². The van der Waals surface area contributed by atoms with Crippen molar-refractivity contribution >= 4 is 57.1 Å². The summed E-state index contributed by atoms with van der Waals surface area (Å²) in [5, 5.41) is 2.88. The molecule has 34 heavy (non-hydrogen) atoms. The summed E-state index contributed by atoms with van der Waals surface area (Å²) in [7, 11) is 0. The highest BCUT2D eigenvalue weighted by molar-refractivity contribution is 9.10. The van der Waals surface area contributed by atoms with Crippen LogP contribution >= 0.6 is 27.5 Å². The molecule has 4 rings (SSSR count). The van der Waals surface area contributed by atoms with Crippen LogP contribution in [0.5, 0.6) is 5.75 Å². The predicted molar refractivity (Wildman–Crippen MR) is 135 cm³/mol. The van der Waals surface area contributed by atoms with Crippen LogP contribution in [0.2, 0.25) is 5.02 Å². The second kappa shape index (κ2) is 10.2. The number of carbonyl (C=O) groups is 3. The van der Waals surface area contributed by atoms with Crippen molar-refractivity contribution in [1.29, 1.82) is 0 Å². The molecular formula is C26H20BrClN2O4. The van der Waals surface area contributed by atoms with Crippen LogP contribution in [0.15, 0.2) is 76.8 Å². The zero-order chi connectivity index (χ0) is 24.2. The summed E-state index contributed by atoms with van der Waals surface area (Å²) in [6.07, 6.45) is 2.08. The minimum atomic E-state index is -0.766. The number of imide groups is 2. The summed E-state index contributed by atoms with van der Waals surface area (Å²) in [6.45, 7) is 2.22. The maximum Gasteiger partial charge on any atom is 0.335 e. The van der Waals surface area contributed by atoms with Crippen molar-refractivity contribution in [2.75, 3.05) is 4.90 Å². The van der Waals surface area contributed by atoms with Gasteiger partial charge in [-0.15, -0.1) is 0 Å². The average molecular weight is 540 g/mol. The molecule has 0 radical (unpaired) electrons. The molecule has 4 amide bonds.